The summed E-state index contributed by atoms with van der Waals surface area (Å²) in [6, 6.07) is 29.8. The molecule has 0 N–H and O–H groups in total. The van der Waals surface area contributed by atoms with Gasteiger partial charge in [0, 0.05) is 10.8 Å². The number of imidazole rings is 1. The van der Waals surface area contributed by atoms with Crippen LogP contribution in [0.2, 0.25) is 0 Å². The van der Waals surface area contributed by atoms with Crippen molar-refractivity contribution in [2.45, 2.75) is 20.3 Å². The van der Waals surface area contributed by atoms with Gasteiger partial charge in [-0.15, -0.1) is 0 Å². The summed E-state index contributed by atoms with van der Waals surface area (Å²) in [5, 5.41) is 3.53. The van der Waals surface area contributed by atoms with Crippen LogP contribution >= 0.6 is 0 Å². The first kappa shape index (κ1) is 18.9. The molecule has 6 rings (SSSR count). The Morgan fingerprint density at radius 2 is 1.66 bits per heavy atom. The summed E-state index contributed by atoms with van der Waals surface area (Å²) >= 11 is 0. The number of aromatic nitrogens is 2. The van der Waals surface area contributed by atoms with Gasteiger partial charge in [-0.25, -0.2) is 4.98 Å². The molecule has 3 heteroatoms. The predicted molar refractivity (Wildman–Crippen MR) is 132 cm³/mol. The van der Waals surface area contributed by atoms with Crippen LogP contribution in [0.15, 0.2) is 95.6 Å². The van der Waals surface area contributed by atoms with E-state index >= 15 is 0 Å². The van der Waals surface area contributed by atoms with Crippen LogP contribution < -0.4 is 0 Å². The smallest absolute Gasteiger partial charge is 0.149 e. The van der Waals surface area contributed by atoms with Gasteiger partial charge in [0.2, 0.25) is 0 Å². The quantitative estimate of drug-likeness (QED) is 0.294. The summed E-state index contributed by atoms with van der Waals surface area (Å²) in [6.07, 6.45) is 2.90. The fourth-order valence-electron chi connectivity index (χ4n) is 4.70. The second kappa shape index (κ2) is 7.38. The minimum Gasteiger partial charge on any atom is -0.464 e. The number of para-hydroxylation sites is 2. The monoisotopic (exact) mass is 416 g/mol. The lowest BCUT2D eigenvalue weighted by Gasteiger charge is -2.12. The average Bonchev–Trinajstić information content (AvgIpc) is 3.39. The molecule has 0 atom stereocenters. The molecule has 3 nitrogen and oxygen atoms in total. The van der Waals surface area contributed by atoms with Crippen molar-refractivity contribution >= 4 is 32.8 Å². The zero-order valence-corrected chi connectivity index (χ0v) is 18.2. The Kier molecular flexibility index (Phi) is 4.36. The second-order valence-electron chi connectivity index (χ2n) is 8.84. The molecule has 0 bridgehead atoms. The van der Waals surface area contributed by atoms with Crippen LogP contribution in [0.4, 0.5) is 0 Å². The third-order valence-electron chi connectivity index (χ3n) is 6.09. The van der Waals surface area contributed by atoms with Crippen molar-refractivity contribution in [2.24, 2.45) is 5.92 Å². The number of nitrogens with zero attached hydrogens (tertiary/aromatic N) is 2. The van der Waals surface area contributed by atoms with Gasteiger partial charge in [-0.05, 0) is 53.6 Å². The van der Waals surface area contributed by atoms with E-state index in [-0.39, 0.29) is 0 Å². The minimum atomic E-state index is 0.600. The van der Waals surface area contributed by atoms with Crippen molar-refractivity contribution in [3.05, 3.63) is 96.8 Å². The van der Waals surface area contributed by atoms with E-state index in [0.29, 0.717) is 5.92 Å². The molecule has 0 spiro atoms. The van der Waals surface area contributed by atoms with Crippen LogP contribution in [0.1, 0.15) is 19.4 Å². The SMILES string of the molecule is CC(C)Cc1ccc2occ(-c3nc4ccccc4n3-c3cccc4ccccc34)c2c1. The van der Waals surface area contributed by atoms with E-state index in [2.05, 4.69) is 97.3 Å². The van der Waals surface area contributed by atoms with Gasteiger partial charge in [0.25, 0.3) is 0 Å². The van der Waals surface area contributed by atoms with Gasteiger partial charge in [0.05, 0.1) is 22.3 Å². The molecule has 0 radical (unpaired) electrons. The van der Waals surface area contributed by atoms with E-state index < -0.39 is 0 Å². The number of benzene rings is 4. The van der Waals surface area contributed by atoms with Crippen LogP contribution in [0.5, 0.6) is 0 Å². The van der Waals surface area contributed by atoms with Crippen molar-refractivity contribution in [3.8, 4) is 17.1 Å². The van der Waals surface area contributed by atoms with E-state index in [9.17, 15) is 0 Å². The molecular formula is C29H24N2O. The summed E-state index contributed by atoms with van der Waals surface area (Å²) in [5.74, 6) is 1.51. The number of rotatable bonds is 4. The van der Waals surface area contributed by atoms with Gasteiger partial charge in [0.15, 0.2) is 0 Å². The highest BCUT2D eigenvalue weighted by Crippen LogP contribution is 2.36. The largest absolute Gasteiger partial charge is 0.464 e. The molecule has 0 saturated heterocycles. The van der Waals surface area contributed by atoms with Gasteiger partial charge in [-0.2, -0.15) is 0 Å². The van der Waals surface area contributed by atoms with Crippen LogP contribution in [0, 0.1) is 5.92 Å². The average molecular weight is 417 g/mol. The van der Waals surface area contributed by atoms with Gasteiger partial charge in [-0.1, -0.05) is 68.4 Å². The standard InChI is InChI=1S/C29H24N2O/c1-19(2)16-20-14-15-28-23(17-20)24(18-32-28)29-30-25-11-5-6-12-27(25)31(29)26-13-7-9-21-8-3-4-10-22(21)26/h3-15,17-19H,16H2,1-2H3. The highest BCUT2D eigenvalue weighted by Gasteiger charge is 2.19. The molecule has 156 valence electrons. The molecule has 0 amide bonds. The van der Waals surface area contributed by atoms with Crippen LogP contribution in [0.25, 0.3) is 49.9 Å². The Morgan fingerprint density at radius 1 is 0.844 bits per heavy atom. The molecule has 0 aliphatic carbocycles. The third kappa shape index (κ3) is 3.01. The Hall–Kier alpha value is -3.85. The Morgan fingerprint density at radius 3 is 2.56 bits per heavy atom. The number of furan rings is 1. The van der Waals surface area contributed by atoms with Crippen molar-refractivity contribution in [1.29, 1.82) is 0 Å². The van der Waals surface area contributed by atoms with Gasteiger partial charge in [0.1, 0.15) is 17.7 Å². The summed E-state index contributed by atoms with van der Waals surface area (Å²) < 4.78 is 8.26. The highest BCUT2D eigenvalue weighted by molar-refractivity contribution is 5.98. The maximum atomic E-state index is 5.98. The highest BCUT2D eigenvalue weighted by atomic mass is 16.3. The van der Waals surface area contributed by atoms with Crippen molar-refractivity contribution in [3.63, 3.8) is 0 Å². The maximum Gasteiger partial charge on any atom is 0.149 e. The topological polar surface area (TPSA) is 31.0 Å². The van der Waals surface area contributed by atoms with Crippen molar-refractivity contribution < 1.29 is 4.42 Å². The van der Waals surface area contributed by atoms with E-state index in [4.69, 9.17) is 9.40 Å². The van der Waals surface area contributed by atoms with Gasteiger partial charge in [-0.3, -0.25) is 4.57 Å². The molecule has 0 aliphatic heterocycles. The molecule has 32 heavy (non-hydrogen) atoms. The maximum absolute atomic E-state index is 5.98. The summed E-state index contributed by atoms with van der Waals surface area (Å²) in [5.41, 5.74) is 6.43. The lowest BCUT2D eigenvalue weighted by Crippen LogP contribution is -1.98. The number of hydrogen-bond acceptors (Lipinski definition) is 2. The molecule has 2 aromatic heterocycles. The molecular weight excluding hydrogens is 392 g/mol. The molecule has 0 fully saturated rings. The first-order valence-electron chi connectivity index (χ1n) is 11.1. The van der Waals surface area contributed by atoms with Crippen molar-refractivity contribution in [1.82, 2.24) is 9.55 Å². The Labute approximate surface area is 186 Å². The van der Waals surface area contributed by atoms with E-state index in [1.807, 2.05) is 12.3 Å². The Bertz CT molecular complexity index is 1580. The Balaban J connectivity index is 1.67. The second-order valence-corrected chi connectivity index (χ2v) is 8.84. The summed E-state index contributed by atoms with van der Waals surface area (Å²) in [7, 11) is 0. The van der Waals surface area contributed by atoms with Crippen molar-refractivity contribution in [2.75, 3.05) is 0 Å². The zero-order chi connectivity index (χ0) is 21.7. The minimum absolute atomic E-state index is 0.600. The lowest BCUT2D eigenvalue weighted by atomic mass is 10.0. The molecule has 0 unspecified atom stereocenters. The predicted octanol–water partition coefficient (Wildman–Crippen LogP) is 7.79. The van der Waals surface area contributed by atoms with Gasteiger partial charge < -0.3 is 4.42 Å². The summed E-state index contributed by atoms with van der Waals surface area (Å²) in [4.78, 5) is 5.08. The van der Waals surface area contributed by atoms with E-state index in [0.717, 1.165) is 45.5 Å². The fraction of sp³-hybridized carbons (Fsp3) is 0.138. The van der Waals surface area contributed by atoms with Crippen LogP contribution in [-0.2, 0) is 6.42 Å². The first-order chi connectivity index (χ1) is 15.7. The molecule has 2 heterocycles. The van der Waals surface area contributed by atoms with Gasteiger partial charge >= 0.3 is 0 Å². The molecule has 0 saturated carbocycles. The molecule has 0 aliphatic rings. The molecule has 4 aromatic carbocycles. The number of hydrogen-bond donors (Lipinski definition) is 0. The normalized spacial score (nSPS) is 11.8. The van der Waals surface area contributed by atoms with E-state index in [1.54, 1.807) is 0 Å². The third-order valence-corrected chi connectivity index (χ3v) is 6.09. The lowest BCUT2D eigenvalue weighted by molar-refractivity contribution is 0.615. The first-order valence-corrected chi connectivity index (χ1v) is 11.1. The molecule has 6 aromatic rings. The van der Waals surface area contributed by atoms with Crippen LogP contribution in [-0.4, -0.2) is 9.55 Å². The summed E-state index contributed by atoms with van der Waals surface area (Å²) in [6.45, 7) is 4.50. The fourth-order valence-corrected chi connectivity index (χ4v) is 4.70. The van der Waals surface area contributed by atoms with E-state index in [1.165, 1.54) is 16.3 Å². The van der Waals surface area contributed by atoms with Crippen LogP contribution in [0.3, 0.4) is 0 Å². The zero-order valence-electron chi connectivity index (χ0n) is 18.2. The number of fused-ring (bicyclic) bond motifs is 3.